The van der Waals surface area contributed by atoms with Crippen LogP contribution in [-0.4, -0.2) is 90.5 Å². The van der Waals surface area contributed by atoms with Gasteiger partial charge in [-0.2, -0.15) is 0 Å². The van der Waals surface area contributed by atoms with Crippen LogP contribution in [0.1, 0.15) is 29.8 Å². The minimum absolute atomic E-state index is 0.00731. The SMILES string of the molecule is CN1CC2(CCN(C(=O)c3ccc4ccccc4n3)CC2)CC1C(=O)N1CCOCC1. The number of para-hydroxylation sites is 1. The average molecular weight is 423 g/mol. The van der Waals surface area contributed by atoms with Gasteiger partial charge in [0.2, 0.25) is 5.91 Å². The van der Waals surface area contributed by atoms with Crippen molar-refractivity contribution in [1.82, 2.24) is 19.7 Å². The van der Waals surface area contributed by atoms with E-state index in [4.69, 9.17) is 4.74 Å². The van der Waals surface area contributed by atoms with Crippen molar-refractivity contribution in [3.8, 4) is 0 Å². The van der Waals surface area contributed by atoms with Crippen LogP contribution >= 0.6 is 0 Å². The molecule has 0 saturated carbocycles. The summed E-state index contributed by atoms with van der Waals surface area (Å²) in [4.78, 5) is 36.8. The predicted molar refractivity (Wildman–Crippen MR) is 118 cm³/mol. The zero-order valence-corrected chi connectivity index (χ0v) is 18.1. The number of fused-ring (bicyclic) bond motifs is 1. The number of ether oxygens (including phenoxy) is 1. The standard InChI is InChI=1S/C24H30N4O3/c1-26-17-24(16-21(26)23(30)28-12-14-31-15-13-28)8-10-27(11-9-24)22(29)20-7-6-18-4-2-3-5-19(18)25-20/h2-7,21H,8-17H2,1H3. The summed E-state index contributed by atoms with van der Waals surface area (Å²) < 4.78 is 5.39. The zero-order chi connectivity index (χ0) is 21.4. The van der Waals surface area contributed by atoms with Gasteiger partial charge in [-0.1, -0.05) is 24.3 Å². The molecule has 164 valence electrons. The van der Waals surface area contributed by atoms with Crippen molar-refractivity contribution in [2.75, 3.05) is 53.0 Å². The van der Waals surface area contributed by atoms with E-state index in [2.05, 4.69) is 16.9 Å². The van der Waals surface area contributed by atoms with Crippen LogP contribution in [-0.2, 0) is 9.53 Å². The summed E-state index contributed by atoms with van der Waals surface area (Å²) in [7, 11) is 2.06. The summed E-state index contributed by atoms with van der Waals surface area (Å²) in [5, 5.41) is 1.04. The molecule has 2 aromatic rings. The third-order valence-electron chi connectivity index (χ3n) is 7.28. The van der Waals surface area contributed by atoms with Crippen LogP contribution in [0.3, 0.4) is 0 Å². The first-order valence-corrected chi connectivity index (χ1v) is 11.3. The summed E-state index contributed by atoms with van der Waals surface area (Å²) in [6.45, 7) is 5.01. The average Bonchev–Trinajstić information content (AvgIpc) is 3.14. The number of morpholine rings is 1. The van der Waals surface area contributed by atoms with Gasteiger partial charge in [0, 0.05) is 38.1 Å². The summed E-state index contributed by atoms with van der Waals surface area (Å²) in [5.74, 6) is 0.245. The molecule has 0 radical (unpaired) electrons. The van der Waals surface area contributed by atoms with Gasteiger partial charge < -0.3 is 14.5 Å². The quantitative estimate of drug-likeness (QED) is 0.741. The fraction of sp³-hybridized carbons (Fsp3) is 0.542. The fourth-order valence-corrected chi connectivity index (χ4v) is 5.43. The highest BCUT2D eigenvalue weighted by molar-refractivity contribution is 5.95. The lowest BCUT2D eigenvalue weighted by molar-refractivity contribution is -0.139. The number of likely N-dealkylation sites (tertiary alicyclic amines) is 2. The Labute approximate surface area is 183 Å². The van der Waals surface area contributed by atoms with E-state index in [1.165, 1.54) is 0 Å². The highest BCUT2D eigenvalue weighted by Gasteiger charge is 2.48. The second-order valence-electron chi connectivity index (χ2n) is 9.25. The Hall–Kier alpha value is -2.51. The Morgan fingerprint density at radius 2 is 1.74 bits per heavy atom. The Balaban J connectivity index is 1.23. The van der Waals surface area contributed by atoms with Crippen LogP contribution in [0.4, 0.5) is 0 Å². The summed E-state index contributed by atoms with van der Waals surface area (Å²) in [5.41, 5.74) is 1.48. The molecule has 3 aliphatic heterocycles. The second-order valence-corrected chi connectivity index (χ2v) is 9.25. The van der Waals surface area contributed by atoms with E-state index in [0.29, 0.717) is 32.0 Å². The van der Waals surface area contributed by atoms with Crippen molar-refractivity contribution in [3.63, 3.8) is 0 Å². The molecule has 5 rings (SSSR count). The van der Waals surface area contributed by atoms with E-state index in [9.17, 15) is 9.59 Å². The highest BCUT2D eigenvalue weighted by Crippen LogP contribution is 2.43. The second kappa shape index (κ2) is 8.20. The molecule has 2 amide bonds. The van der Waals surface area contributed by atoms with Gasteiger partial charge in [0.05, 0.1) is 24.8 Å². The number of benzene rings is 1. The molecule has 3 fully saturated rings. The lowest BCUT2D eigenvalue weighted by Crippen LogP contribution is -2.48. The van der Waals surface area contributed by atoms with Crippen molar-refractivity contribution in [2.24, 2.45) is 5.41 Å². The summed E-state index contributed by atoms with van der Waals surface area (Å²) >= 11 is 0. The number of carbonyl (C=O) groups is 2. The molecule has 1 spiro atoms. The Morgan fingerprint density at radius 1 is 1.00 bits per heavy atom. The number of nitrogens with zero attached hydrogens (tertiary/aromatic N) is 4. The van der Waals surface area contributed by atoms with Crippen LogP contribution in [0.5, 0.6) is 0 Å². The third kappa shape index (κ3) is 3.92. The van der Waals surface area contributed by atoms with Crippen molar-refractivity contribution in [3.05, 3.63) is 42.1 Å². The van der Waals surface area contributed by atoms with Crippen LogP contribution in [0, 0.1) is 5.41 Å². The molecular formula is C24H30N4O3. The van der Waals surface area contributed by atoms with Crippen molar-refractivity contribution in [1.29, 1.82) is 0 Å². The number of hydrogen-bond donors (Lipinski definition) is 0. The van der Waals surface area contributed by atoms with Crippen molar-refractivity contribution >= 4 is 22.7 Å². The van der Waals surface area contributed by atoms with Gasteiger partial charge in [0.15, 0.2) is 0 Å². The van der Waals surface area contributed by atoms with E-state index < -0.39 is 0 Å². The van der Waals surface area contributed by atoms with E-state index >= 15 is 0 Å². The minimum Gasteiger partial charge on any atom is -0.378 e. The minimum atomic E-state index is -0.0532. The normalized spacial score (nSPS) is 24.1. The van der Waals surface area contributed by atoms with E-state index in [-0.39, 0.29) is 23.3 Å². The maximum Gasteiger partial charge on any atom is 0.272 e. The molecule has 3 aliphatic rings. The zero-order valence-electron chi connectivity index (χ0n) is 18.1. The first-order valence-electron chi connectivity index (χ1n) is 11.3. The van der Waals surface area contributed by atoms with Crippen molar-refractivity contribution < 1.29 is 14.3 Å². The molecule has 3 saturated heterocycles. The van der Waals surface area contributed by atoms with E-state index in [1.54, 1.807) is 0 Å². The number of pyridine rings is 1. The molecule has 0 aliphatic carbocycles. The summed E-state index contributed by atoms with van der Waals surface area (Å²) in [6, 6.07) is 11.6. The number of hydrogen-bond acceptors (Lipinski definition) is 5. The first kappa shape index (κ1) is 20.4. The van der Waals surface area contributed by atoms with Crippen LogP contribution in [0.25, 0.3) is 10.9 Å². The first-order chi connectivity index (χ1) is 15.0. The maximum atomic E-state index is 13.1. The smallest absolute Gasteiger partial charge is 0.272 e. The van der Waals surface area contributed by atoms with Gasteiger partial charge >= 0.3 is 0 Å². The molecule has 1 unspecified atom stereocenters. The molecule has 31 heavy (non-hydrogen) atoms. The van der Waals surface area contributed by atoms with Gasteiger partial charge in [-0.15, -0.1) is 0 Å². The fourth-order valence-electron chi connectivity index (χ4n) is 5.43. The van der Waals surface area contributed by atoms with Crippen LogP contribution in [0.2, 0.25) is 0 Å². The molecule has 0 N–H and O–H groups in total. The Kier molecular flexibility index (Phi) is 5.40. The number of piperidine rings is 1. The Morgan fingerprint density at radius 3 is 2.52 bits per heavy atom. The molecule has 1 atom stereocenters. The van der Waals surface area contributed by atoms with Gasteiger partial charge in [0.25, 0.3) is 5.91 Å². The maximum absolute atomic E-state index is 13.1. The van der Waals surface area contributed by atoms with E-state index in [1.807, 2.05) is 46.2 Å². The van der Waals surface area contributed by atoms with Gasteiger partial charge in [-0.05, 0) is 43.9 Å². The molecule has 0 bridgehead atoms. The lowest BCUT2D eigenvalue weighted by atomic mass is 9.76. The third-order valence-corrected chi connectivity index (χ3v) is 7.28. The van der Waals surface area contributed by atoms with E-state index in [0.717, 1.165) is 49.8 Å². The molecule has 7 heteroatoms. The van der Waals surface area contributed by atoms with Crippen molar-refractivity contribution in [2.45, 2.75) is 25.3 Å². The summed E-state index contributed by atoms with van der Waals surface area (Å²) in [6.07, 6.45) is 2.75. The topological polar surface area (TPSA) is 66.0 Å². The molecule has 4 heterocycles. The van der Waals surface area contributed by atoms with Crippen LogP contribution < -0.4 is 0 Å². The number of likely N-dealkylation sites (N-methyl/N-ethyl adjacent to an activating group) is 1. The largest absolute Gasteiger partial charge is 0.378 e. The van der Waals surface area contributed by atoms with Gasteiger partial charge in [-0.25, -0.2) is 4.98 Å². The Bertz CT molecular complexity index is 980. The monoisotopic (exact) mass is 422 g/mol. The highest BCUT2D eigenvalue weighted by atomic mass is 16.5. The van der Waals surface area contributed by atoms with Gasteiger partial charge in [0.1, 0.15) is 5.69 Å². The number of aromatic nitrogens is 1. The van der Waals surface area contributed by atoms with Crippen LogP contribution in [0.15, 0.2) is 36.4 Å². The lowest BCUT2D eigenvalue weighted by Gasteiger charge is -2.39. The molecule has 1 aromatic heterocycles. The number of amides is 2. The number of carbonyl (C=O) groups excluding carboxylic acids is 2. The van der Waals surface area contributed by atoms with Gasteiger partial charge in [-0.3, -0.25) is 14.5 Å². The molecule has 1 aromatic carbocycles. The predicted octanol–water partition coefficient (Wildman–Crippen LogP) is 2.02. The molecular weight excluding hydrogens is 392 g/mol. The number of rotatable bonds is 2. The molecule has 7 nitrogen and oxygen atoms in total.